The predicted octanol–water partition coefficient (Wildman–Crippen LogP) is 0.844. The largest absolute Gasteiger partial charge is 0.284 e. The second-order valence-corrected chi connectivity index (χ2v) is 5.28. The summed E-state index contributed by atoms with van der Waals surface area (Å²) in [5.74, 6) is 0. The van der Waals surface area contributed by atoms with Crippen LogP contribution in [0.25, 0.3) is 0 Å². The van der Waals surface area contributed by atoms with Crippen molar-refractivity contribution in [3.8, 4) is 0 Å². The van der Waals surface area contributed by atoms with Gasteiger partial charge in [-0.25, -0.2) is 13.1 Å². The molecule has 2 aromatic heterocycles. The first kappa shape index (κ1) is 11.7. The highest BCUT2D eigenvalue weighted by atomic mass is 32.2. The quantitative estimate of drug-likeness (QED) is 0.844. The van der Waals surface area contributed by atoms with Gasteiger partial charge in [0.2, 0.25) is 10.0 Å². The molecule has 2 N–H and O–H groups in total. The minimum Gasteiger partial charge on any atom is -0.284 e. The third-order valence-corrected chi connectivity index (χ3v) is 3.81. The highest BCUT2D eigenvalue weighted by Crippen LogP contribution is 2.14. The van der Waals surface area contributed by atoms with E-state index in [1.54, 1.807) is 25.4 Å². The Morgan fingerprint density at radius 2 is 2.24 bits per heavy atom. The standard InChI is InChI=1S/C10H12N4O2S/c1-8(9-3-2-4-11-5-9)14-17(15,16)10-6-12-13-7-10/h2-8,14H,1H3,(H,12,13). The van der Waals surface area contributed by atoms with E-state index >= 15 is 0 Å². The lowest BCUT2D eigenvalue weighted by Crippen LogP contribution is -2.26. The maximum atomic E-state index is 11.9. The summed E-state index contributed by atoms with van der Waals surface area (Å²) in [7, 11) is -3.54. The molecular formula is C10H12N4O2S. The van der Waals surface area contributed by atoms with E-state index < -0.39 is 10.0 Å². The number of sulfonamides is 1. The van der Waals surface area contributed by atoms with Crippen molar-refractivity contribution in [1.82, 2.24) is 19.9 Å². The van der Waals surface area contributed by atoms with E-state index in [-0.39, 0.29) is 10.9 Å². The van der Waals surface area contributed by atoms with Crippen LogP contribution in [0, 0.1) is 0 Å². The lowest BCUT2D eigenvalue weighted by Gasteiger charge is -2.12. The summed E-state index contributed by atoms with van der Waals surface area (Å²) in [6.07, 6.45) is 5.86. The third-order valence-electron chi connectivity index (χ3n) is 2.30. The molecule has 0 radical (unpaired) electrons. The molecule has 0 fully saturated rings. The number of hydrogen-bond donors (Lipinski definition) is 2. The molecule has 0 spiro atoms. The van der Waals surface area contributed by atoms with E-state index in [4.69, 9.17) is 0 Å². The molecule has 0 aliphatic carbocycles. The normalized spacial score (nSPS) is 13.5. The van der Waals surface area contributed by atoms with Gasteiger partial charge in [0.15, 0.2) is 0 Å². The molecule has 1 atom stereocenters. The van der Waals surface area contributed by atoms with Crippen molar-refractivity contribution in [2.24, 2.45) is 0 Å². The van der Waals surface area contributed by atoms with Crippen LogP contribution in [0.2, 0.25) is 0 Å². The van der Waals surface area contributed by atoms with Crippen molar-refractivity contribution in [2.75, 3.05) is 0 Å². The SMILES string of the molecule is CC(NS(=O)(=O)c1cn[nH]c1)c1cccnc1. The van der Waals surface area contributed by atoms with Crippen molar-refractivity contribution in [3.63, 3.8) is 0 Å². The summed E-state index contributed by atoms with van der Waals surface area (Å²) in [4.78, 5) is 4.06. The van der Waals surface area contributed by atoms with Crippen LogP contribution in [0.5, 0.6) is 0 Å². The van der Waals surface area contributed by atoms with E-state index in [1.807, 2.05) is 6.07 Å². The van der Waals surface area contributed by atoms with E-state index in [0.29, 0.717) is 0 Å². The van der Waals surface area contributed by atoms with Crippen LogP contribution in [-0.4, -0.2) is 23.6 Å². The molecule has 0 bridgehead atoms. The Balaban J connectivity index is 2.17. The van der Waals surface area contributed by atoms with Gasteiger partial charge in [0.1, 0.15) is 4.90 Å². The van der Waals surface area contributed by atoms with E-state index in [2.05, 4.69) is 19.9 Å². The van der Waals surface area contributed by atoms with E-state index in [9.17, 15) is 8.42 Å². The molecule has 0 aromatic carbocycles. The summed E-state index contributed by atoms with van der Waals surface area (Å²) >= 11 is 0. The Hall–Kier alpha value is -1.73. The van der Waals surface area contributed by atoms with Crippen LogP contribution in [-0.2, 0) is 10.0 Å². The molecule has 0 saturated heterocycles. The number of nitrogens with one attached hydrogen (secondary N) is 2. The zero-order valence-corrected chi connectivity index (χ0v) is 9.98. The Bertz CT molecular complexity index is 566. The molecule has 90 valence electrons. The summed E-state index contributed by atoms with van der Waals surface area (Å²) in [6, 6.07) is 3.23. The molecule has 0 aliphatic rings. The molecule has 7 heteroatoms. The third kappa shape index (κ3) is 2.69. The summed E-state index contributed by atoms with van der Waals surface area (Å²) in [6.45, 7) is 1.76. The van der Waals surface area contributed by atoms with Crippen molar-refractivity contribution >= 4 is 10.0 Å². The Morgan fingerprint density at radius 3 is 2.82 bits per heavy atom. The molecule has 6 nitrogen and oxygen atoms in total. The smallest absolute Gasteiger partial charge is 0.244 e. The van der Waals surface area contributed by atoms with Gasteiger partial charge in [-0.1, -0.05) is 6.07 Å². The van der Waals surface area contributed by atoms with E-state index in [1.165, 1.54) is 12.4 Å². The maximum absolute atomic E-state index is 11.9. The van der Waals surface area contributed by atoms with Crippen LogP contribution < -0.4 is 4.72 Å². The lowest BCUT2D eigenvalue weighted by atomic mass is 10.2. The molecule has 2 aromatic rings. The topological polar surface area (TPSA) is 87.7 Å². The number of rotatable bonds is 4. The van der Waals surface area contributed by atoms with Gasteiger partial charge in [0, 0.05) is 24.6 Å². The van der Waals surface area contributed by atoms with Crippen molar-refractivity contribution in [1.29, 1.82) is 0 Å². The zero-order chi connectivity index (χ0) is 12.3. The van der Waals surface area contributed by atoms with Gasteiger partial charge in [-0.15, -0.1) is 0 Å². The van der Waals surface area contributed by atoms with Gasteiger partial charge in [0.25, 0.3) is 0 Å². The number of aromatic amines is 1. The number of H-pyrrole nitrogens is 1. The fourth-order valence-electron chi connectivity index (χ4n) is 1.39. The highest BCUT2D eigenvalue weighted by Gasteiger charge is 2.19. The van der Waals surface area contributed by atoms with E-state index in [0.717, 1.165) is 5.56 Å². The van der Waals surface area contributed by atoms with Crippen molar-refractivity contribution in [3.05, 3.63) is 42.5 Å². The number of hydrogen-bond acceptors (Lipinski definition) is 4. The molecule has 2 rings (SSSR count). The van der Waals surface area contributed by atoms with Gasteiger partial charge < -0.3 is 0 Å². The fourth-order valence-corrected chi connectivity index (χ4v) is 2.52. The first-order chi connectivity index (χ1) is 8.09. The second-order valence-electron chi connectivity index (χ2n) is 3.56. The Kier molecular flexibility index (Phi) is 3.21. The molecule has 0 amide bonds. The minimum atomic E-state index is -3.54. The average Bonchev–Trinajstić information content (AvgIpc) is 2.84. The second kappa shape index (κ2) is 4.64. The maximum Gasteiger partial charge on any atom is 0.244 e. The molecule has 1 unspecified atom stereocenters. The van der Waals surface area contributed by atoms with Crippen LogP contribution in [0.1, 0.15) is 18.5 Å². The fraction of sp³-hybridized carbons (Fsp3) is 0.200. The lowest BCUT2D eigenvalue weighted by molar-refractivity contribution is 0.566. The monoisotopic (exact) mass is 252 g/mol. The van der Waals surface area contributed by atoms with Crippen LogP contribution in [0.4, 0.5) is 0 Å². The number of nitrogens with zero attached hydrogens (tertiary/aromatic N) is 2. The summed E-state index contributed by atoms with van der Waals surface area (Å²) in [5, 5.41) is 6.08. The zero-order valence-electron chi connectivity index (χ0n) is 9.16. The van der Waals surface area contributed by atoms with Gasteiger partial charge in [-0.05, 0) is 18.6 Å². The Labute approximate surface area is 99.1 Å². The summed E-state index contributed by atoms with van der Waals surface area (Å²) < 4.78 is 26.3. The first-order valence-electron chi connectivity index (χ1n) is 5.00. The summed E-state index contributed by atoms with van der Waals surface area (Å²) in [5.41, 5.74) is 0.805. The van der Waals surface area contributed by atoms with Gasteiger partial charge in [-0.3, -0.25) is 10.1 Å². The van der Waals surface area contributed by atoms with Crippen molar-refractivity contribution in [2.45, 2.75) is 17.9 Å². The number of pyridine rings is 1. The minimum absolute atomic E-state index is 0.119. The highest BCUT2D eigenvalue weighted by molar-refractivity contribution is 7.89. The molecular weight excluding hydrogens is 240 g/mol. The molecule has 17 heavy (non-hydrogen) atoms. The molecule has 0 saturated carbocycles. The molecule has 2 heterocycles. The molecule has 0 aliphatic heterocycles. The van der Waals surface area contributed by atoms with Crippen molar-refractivity contribution < 1.29 is 8.42 Å². The average molecular weight is 252 g/mol. The van der Waals surface area contributed by atoms with Crippen LogP contribution in [0.15, 0.2) is 41.8 Å². The predicted molar refractivity (Wildman–Crippen MR) is 61.6 cm³/mol. The van der Waals surface area contributed by atoms with Crippen LogP contribution in [0.3, 0.4) is 0 Å². The van der Waals surface area contributed by atoms with Gasteiger partial charge in [0.05, 0.1) is 6.20 Å². The van der Waals surface area contributed by atoms with Gasteiger partial charge in [-0.2, -0.15) is 5.10 Å². The number of aromatic nitrogens is 3. The first-order valence-corrected chi connectivity index (χ1v) is 6.49. The van der Waals surface area contributed by atoms with Crippen LogP contribution >= 0.6 is 0 Å². The van der Waals surface area contributed by atoms with Gasteiger partial charge >= 0.3 is 0 Å². The Morgan fingerprint density at radius 1 is 1.41 bits per heavy atom.